The van der Waals surface area contributed by atoms with Crippen LogP contribution >= 0.6 is 11.8 Å². The molecule has 7 heteroatoms. The lowest BCUT2D eigenvalue weighted by Gasteiger charge is -2.16. The summed E-state index contributed by atoms with van der Waals surface area (Å²) >= 11 is 1.36. The van der Waals surface area contributed by atoms with Gasteiger partial charge in [-0.1, -0.05) is 48.2 Å². The third-order valence-corrected chi connectivity index (χ3v) is 7.00. The number of anilines is 1. The van der Waals surface area contributed by atoms with Gasteiger partial charge in [0.2, 0.25) is 5.91 Å². The van der Waals surface area contributed by atoms with Crippen molar-refractivity contribution >= 4 is 34.1 Å². The van der Waals surface area contributed by atoms with Gasteiger partial charge in [0.25, 0.3) is 0 Å². The van der Waals surface area contributed by atoms with Crippen molar-refractivity contribution in [1.29, 1.82) is 0 Å². The van der Waals surface area contributed by atoms with Crippen molar-refractivity contribution in [2.24, 2.45) is 7.05 Å². The van der Waals surface area contributed by atoms with Crippen LogP contribution in [0.1, 0.15) is 29.8 Å². The van der Waals surface area contributed by atoms with E-state index in [4.69, 9.17) is 4.74 Å². The monoisotopic (exact) mass is 458 g/mol. The number of ether oxygens (including phenoxy) is 1. The minimum absolute atomic E-state index is 0.0786. The molecule has 1 aliphatic rings. The van der Waals surface area contributed by atoms with Gasteiger partial charge in [-0.25, -0.2) is 0 Å². The smallest absolute Gasteiger partial charge is 0.234 e. The van der Waals surface area contributed by atoms with Gasteiger partial charge in [-0.05, 0) is 71.8 Å². The van der Waals surface area contributed by atoms with Crippen LogP contribution in [0.4, 0.5) is 5.69 Å². The third kappa shape index (κ3) is 5.03. The Morgan fingerprint density at radius 3 is 2.70 bits per heavy atom. The number of nitrogens with zero attached hydrogens (tertiary/aromatic N) is 3. The van der Waals surface area contributed by atoms with Crippen LogP contribution in [-0.2, 0) is 31.3 Å². The minimum atomic E-state index is -0.0786. The Hall–Kier alpha value is -3.32. The van der Waals surface area contributed by atoms with E-state index in [1.807, 2.05) is 54.1 Å². The molecule has 0 atom stereocenters. The van der Waals surface area contributed by atoms with E-state index in [9.17, 15) is 4.79 Å². The number of aryl methyl sites for hydroxylation is 2. The van der Waals surface area contributed by atoms with Gasteiger partial charge >= 0.3 is 0 Å². The highest BCUT2D eigenvalue weighted by Gasteiger charge is 2.14. The highest BCUT2D eigenvalue weighted by Crippen LogP contribution is 2.26. The van der Waals surface area contributed by atoms with Crippen molar-refractivity contribution in [1.82, 2.24) is 14.8 Å². The summed E-state index contributed by atoms with van der Waals surface area (Å²) in [4.78, 5) is 12.5. The Bertz CT molecular complexity index is 1300. The fraction of sp³-hybridized carbons (Fsp3) is 0.269. The van der Waals surface area contributed by atoms with Gasteiger partial charge in [0.1, 0.15) is 12.4 Å². The Morgan fingerprint density at radius 1 is 1.00 bits per heavy atom. The first-order valence-corrected chi connectivity index (χ1v) is 12.2. The molecule has 4 aromatic rings. The van der Waals surface area contributed by atoms with Gasteiger partial charge in [-0.2, -0.15) is 0 Å². The largest absolute Gasteiger partial charge is 0.486 e. The molecule has 1 aromatic heterocycles. The Kier molecular flexibility index (Phi) is 6.30. The number of nitrogens with one attached hydrogen (secondary N) is 1. The second-order valence-corrected chi connectivity index (χ2v) is 9.23. The molecule has 1 aliphatic carbocycles. The molecule has 0 radical (unpaired) electrons. The number of aromatic nitrogens is 3. The summed E-state index contributed by atoms with van der Waals surface area (Å²) in [6, 6.07) is 20.4. The molecule has 0 fully saturated rings. The van der Waals surface area contributed by atoms with Crippen molar-refractivity contribution in [2.45, 2.75) is 37.4 Å². The lowest BCUT2D eigenvalue weighted by atomic mass is 9.92. The Morgan fingerprint density at radius 2 is 1.82 bits per heavy atom. The molecule has 0 spiro atoms. The summed E-state index contributed by atoms with van der Waals surface area (Å²) in [6.07, 6.45) is 4.80. The molecule has 0 saturated heterocycles. The average molecular weight is 459 g/mol. The zero-order valence-electron chi connectivity index (χ0n) is 18.6. The molecular formula is C26H26N4O2S. The number of rotatable bonds is 7. The summed E-state index contributed by atoms with van der Waals surface area (Å²) in [5, 5.41) is 14.4. The Labute approximate surface area is 197 Å². The predicted octanol–water partition coefficient (Wildman–Crippen LogP) is 5.16. The summed E-state index contributed by atoms with van der Waals surface area (Å²) in [6.45, 7) is 0.339. The lowest BCUT2D eigenvalue weighted by molar-refractivity contribution is -0.113. The standard InChI is InChI=1S/C26H26N4O2S/c1-30-24(16-32-23-13-11-19-7-3-5-9-21(19)15-23)28-29-26(30)33-17-25(31)27-22-12-10-18-6-2-4-8-20(18)14-22/h2,4,6,8,10-15H,3,5,7,9,16-17H2,1H3,(H,27,31). The van der Waals surface area contributed by atoms with Crippen LogP contribution in [0.15, 0.2) is 65.8 Å². The maximum Gasteiger partial charge on any atom is 0.234 e. The van der Waals surface area contributed by atoms with E-state index in [-0.39, 0.29) is 11.7 Å². The molecule has 5 rings (SSSR count). The van der Waals surface area contributed by atoms with Gasteiger partial charge in [-0.15, -0.1) is 10.2 Å². The maximum absolute atomic E-state index is 12.5. The van der Waals surface area contributed by atoms with Crippen molar-refractivity contribution in [2.75, 3.05) is 11.1 Å². The maximum atomic E-state index is 12.5. The zero-order chi connectivity index (χ0) is 22.6. The third-order valence-electron chi connectivity index (χ3n) is 5.98. The van der Waals surface area contributed by atoms with Crippen LogP contribution in [-0.4, -0.2) is 26.4 Å². The molecule has 1 heterocycles. The first kappa shape index (κ1) is 21.5. The van der Waals surface area contributed by atoms with Gasteiger partial charge < -0.3 is 14.6 Å². The second-order valence-electron chi connectivity index (χ2n) is 8.28. The average Bonchev–Trinajstić information content (AvgIpc) is 3.20. The van der Waals surface area contributed by atoms with E-state index in [2.05, 4.69) is 33.7 Å². The van der Waals surface area contributed by atoms with Crippen LogP contribution in [0.3, 0.4) is 0 Å². The van der Waals surface area contributed by atoms with E-state index < -0.39 is 0 Å². The van der Waals surface area contributed by atoms with E-state index in [1.165, 1.54) is 35.7 Å². The topological polar surface area (TPSA) is 69.0 Å². The molecule has 33 heavy (non-hydrogen) atoms. The fourth-order valence-corrected chi connectivity index (χ4v) is 4.87. The fourth-order valence-electron chi connectivity index (χ4n) is 4.14. The molecule has 168 valence electrons. The first-order valence-electron chi connectivity index (χ1n) is 11.2. The van der Waals surface area contributed by atoms with Crippen molar-refractivity contribution < 1.29 is 9.53 Å². The van der Waals surface area contributed by atoms with E-state index in [0.29, 0.717) is 11.8 Å². The van der Waals surface area contributed by atoms with Gasteiger partial charge in [0.15, 0.2) is 11.0 Å². The molecule has 6 nitrogen and oxygen atoms in total. The predicted molar refractivity (Wildman–Crippen MR) is 132 cm³/mol. The van der Waals surface area contributed by atoms with Crippen molar-refractivity contribution in [3.05, 3.63) is 77.6 Å². The molecule has 3 aromatic carbocycles. The molecule has 0 saturated carbocycles. The van der Waals surface area contributed by atoms with Crippen LogP contribution in [0.5, 0.6) is 5.75 Å². The molecule has 0 bridgehead atoms. The molecule has 0 unspecified atom stereocenters. The summed E-state index contributed by atoms with van der Waals surface area (Å²) in [7, 11) is 1.90. The Balaban J connectivity index is 1.15. The highest BCUT2D eigenvalue weighted by molar-refractivity contribution is 7.99. The van der Waals surface area contributed by atoms with E-state index in [1.54, 1.807) is 0 Å². The number of fused-ring (bicyclic) bond motifs is 2. The number of amides is 1. The minimum Gasteiger partial charge on any atom is -0.486 e. The lowest BCUT2D eigenvalue weighted by Crippen LogP contribution is -2.14. The van der Waals surface area contributed by atoms with Crippen LogP contribution < -0.4 is 10.1 Å². The van der Waals surface area contributed by atoms with Crippen LogP contribution in [0, 0.1) is 0 Å². The molecule has 0 aliphatic heterocycles. The zero-order valence-corrected chi connectivity index (χ0v) is 19.4. The number of carbonyl (C=O) groups excluding carboxylic acids is 1. The number of hydrogen-bond acceptors (Lipinski definition) is 5. The SMILES string of the molecule is Cn1c(COc2ccc3c(c2)CCCC3)nnc1SCC(=O)Nc1ccc2ccccc2c1. The van der Waals surface area contributed by atoms with Crippen molar-refractivity contribution in [3.8, 4) is 5.75 Å². The normalized spacial score (nSPS) is 13.0. The molecular weight excluding hydrogens is 432 g/mol. The van der Waals surface area contributed by atoms with E-state index in [0.717, 1.165) is 40.9 Å². The molecule has 1 N–H and O–H groups in total. The summed E-state index contributed by atoms with van der Waals surface area (Å²) in [5.41, 5.74) is 3.62. The van der Waals surface area contributed by atoms with Crippen LogP contribution in [0.2, 0.25) is 0 Å². The molecule has 1 amide bonds. The second kappa shape index (κ2) is 9.67. The number of benzene rings is 3. The number of hydrogen-bond donors (Lipinski definition) is 1. The van der Waals surface area contributed by atoms with Crippen molar-refractivity contribution in [3.63, 3.8) is 0 Å². The highest BCUT2D eigenvalue weighted by atomic mass is 32.2. The first-order chi connectivity index (χ1) is 16.2. The summed E-state index contributed by atoms with van der Waals surface area (Å²) in [5.74, 6) is 1.77. The van der Waals surface area contributed by atoms with E-state index >= 15 is 0 Å². The number of carbonyl (C=O) groups is 1. The van der Waals surface area contributed by atoms with Gasteiger partial charge in [-0.3, -0.25) is 4.79 Å². The van der Waals surface area contributed by atoms with Gasteiger partial charge in [0.05, 0.1) is 5.75 Å². The summed E-state index contributed by atoms with van der Waals surface area (Å²) < 4.78 is 7.86. The quantitative estimate of drug-likeness (QED) is 0.388. The van der Waals surface area contributed by atoms with Crippen LogP contribution in [0.25, 0.3) is 10.8 Å². The number of thioether (sulfide) groups is 1. The van der Waals surface area contributed by atoms with Gasteiger partial charge in [0, 0.05) is 12.7 Å².